The van der Waals surface area contributed by atoms with Gasteiger partial charge in [-0.2, -0.15) is 0 Å². The fraction of sp³-hybridized carbons (Fsp3) is 0.375. The minimum absolute atomic E-state index is 0. The number of hydrogen-bond donors (Lipinski definition) is 2. The third-order valence-electron chi connectivity index (χ3n) is 4.19. The van der Waals surface area contributed by atoms with Gasteiger partial charge in [0.25, 0.3) is 0 Å². The molecule has 1 heterocycles. The van der Waals surface area contributed by atoms with Gasteiger partial charge in [0.2, 0.25) is 9.84 Å². The summed E-state index contributed by atoms with van der Waals surface area (Å²) in [5.74, 6) is 0.489. The lowest BCUT2D eigenvalue weighted by molar-refractivity contribution is 0.527. The van der Waals surface area contributed by atoms with Gasteiger partial charge in [0.05, 0.1) is 9.79 Å². The number of likely N-dealkylation sites (N-methyl/N-ethyl adjacent to an activating group) is 1. The van der Waals surface area contributed by atoms with Crippen LogP contribution in [0.25, 0.3) is 0 Å². The van der Waals surface area contributed by atoms with Crippen LogP contribution in [-0.4, -0.2) is 27.0 Å². The molecule has 1 aromatic carbocycles. The Labute approximate surface area is 137 Å². The highest BCUT2D eigenvalue weighted by molar-refractivity contribution is 7.91. The standard InChI is InChI=1S/C16H20N2O2S.ClH/c1-17-10-13-4-2-3-12-9-14(5-6-16(12)13)21(19,20)15-7-8-18-11-15;/h5-9,11,13,17-18H,2-4,10H2,1H3;1H. The summed E-state index contributed by atoms with van der Waals surface area (Å²) in [4.78, 5) is 3.52. The van der Waals surface area contributed by atoms with Crippen molar-refractivity contribution < 1.29 is 8.42 Å². The van der Waals surface area contributed by atoms with Crippen LogP contribution in [0.4, 0.5) is 0 Å². The highest BCUT2D eigenvalue weighted by Crippen LogP contribution is 2.33. The fourth-order valence-electron chi connectivity index (χ4n) is 3.13. The molecule has 0 saturated heterocycles. The molecule has 4 nitrogen and oxygen atoms in total. The summed E-state index contributed by atoms with van der Waals surface area (Å²) in [5.41, 5.74) is 2.47. The van der Waals surface area contributed by atoms with Crippen LogP contribution in [-0.2, 0) is 16.3 Å². The van der Waals surface area contributed by atoms with Gasteiger partial charge in [0, 0.05) is 18.9 Å². The molecule has 3 rings (SSSR count). The van der Waals surface area contributed by atoms with Crippen molar-refractivity contribution in [1.29, 1.82) is 0 Å². The molecule has 1 aliphatic rings. The molecule has 2 N–H and O–H groups in total. The maximum atomic E-state index is 12.6. The zero-order valence-corrected chi connectivity index (χ0v) is 14.1. The summed E-state index contributed by atoms with van der Waals surface area (Å²) >= 11 is 0. The Morgan fingerprint density at radius 3 is 2.77 bits per heavy atom. The molecule has 1 aliphatic carbocycles. The van der Waals surface area contributed by atoms with Crippen molar-refractivity contribution >= 4 is 22.2 Å². The molecule has 2 aromatic rings. The van der Waals surface area contributed by atoms with Crippen LogP contribution in [0.3, 0.4) is 0 Å². The molecular formula is C16H21ClN2O2S. The first kappa shape index (κ1) is 17.1. The van der Waals surface area contributed by atoms with Gasteiger partial charge in [0.15, 0.2) is 0 Å². The molecule has 120 valence electrons. The van der Waals surface area contributed by atoms with Gasteiger partial charge in [-0.05, 0) is 61.6 Å². The van der Waals surface area contributed by atoms with Gasteiger partial charge >= 0.3 is 0 Å². The summed E-state index contributed by atoms with van der Waals surface area (Å²) in [5, 5.41) is 3.22. The van der Waals surface area contributed by atoms with E-state index in [1.54, 1.807) is 18.3 Å². The normalized spacial score (nSPS) is 17.6. The molecule has 22 heavy (non-hydrogen) atoms. The molecule has 0 radical (unpaired) electrons. The summed E-state index contributed by atoms with van der Waals surface area (Å²) < 4.78 is 25.1. The van der Waals surface area contributed by atoms with Crippen molar-refractivity contribution in [3.8, 4) is 0 Å². The van der Waals surface area contributed by atoms with Crippen LogP contribution in [0.1, 0.15) is 29.9 Å². The number of halogens is 1. The Kier molecular flexibility index (Phi) is 5.32. The van der Waals surface area contributed by atoms with Crippen LogP contribution >= 0.6 is 12.4 Å². The lowest BCUT2D eigenvalue weighted by Crippen LogP contribution is -2.21. The van der Waals surface area contributed by atoms with Crippen molar-refractivity contribution in [2.24, 2.45) is 0 Å². The van der Waals surface area contributed by atoms with Crippen LogP contribution in [0.5, 0.6) is 0 Å². The summed E-state index contributed by atoms with van der Waals surface area (Å²) in [6, 6.07) is 7.20. The van der Waals surface area contributed by atoms with E-state index in [0.29, 0.717) is 15.7 Å². The number of H-pyrrole nitrogens is 1. The Hall–Kier alpha value is -1.30. The maximum absolute atomic E-state index is 12.6. The highest BCUT2D eigenvalue weighted by atomic mass is 35.5. The number of fused-ring (bicyclic) bond motifs is 1. The van der Waals surface area contributed by atoms with Gasteiger partial charge in [-0.15, -0.1) is 12.4 Å². The predicted octanol–water partition coefficient (Wildman–Crippen LogP) is 2.91. The van der Waals surface area contributed by atoms with Gasteiger partial charge in [-0.25, -0.2) is 8.42 Å². The second-order valence-corrected chi connectivity index (χ2v) is 7.51. The lowest BCUT2D eigenvalue weighted by atomic mass is 9.83. The molecule has 1 unspecified atom stereocenters. The van der Waals surface area contributed by atoms with E-state index in [-0.39, 0.29) is 12.4 Å². The second-order valence-electron chi connectivity index (χ2n) is 5.56. The van der Waals surface area contributed by atoms with E-state index in [4.69, 9.17) is 0 Å². The quantitative estimate of drug-likeness (QED) is 0.899. The number of nitrogens with one attached hydrogen (secondary N) is 2. The number of hydrogen-bond acceptors (Lipinski definition) is 3. The third kappa shape index (κ3) is 3.07. The van der Waals surface area contributed by atoms with Gasteiger partial charge in [-0.1, -0.05) is 6.07 Å². The average molecular weight is 341 g/mol. The maximum Gasteiger partial charge on any atom is 0.208 e. The minimum atomic E-state index is -3.41. The minimum Gasteiger partial charge on any atom is -0.366 e. The largest absolute Gasteiger partial charge is 0.366 e. The Balaban J connectivity index is 0.00000176. The monoisotopic (exact) mass is 340 g/mol. The fourth-order valence-corrected chi connectivity index (χ4v) is 4.42. The van der Waals surface area contributed by atoms with Crippen molar-refractivity contribution in [3.63, 3.8) is 0 Å². The third-order valence-corrected chi connectivity index (χ3v) is 5.94. The Morgan fingerprint density at radius 2 is 2.09 bits per heavy atom. The zero-order chi connectivity index (χ0) is 14.9. The molecule has 0 fully saturated rings. The van der Waals surface area contributed by atoms with E-state index in [2.05, 4.69) is 10.3 Å². The average Bonchev–Trinajstić information content (AvgIpc) is 3.02. The van der Waals surface area contributed by atoms with E-state index < -0.39 is 9.84 Å². The first-order valence-corrected chi connectivity index (χ1v) is 8.76. The molecule has 0 aliphatic heterocycles. The van der Waals surface area contributed by atoms with Crippen LogP contribution < -0.4 is 5.32 Å². The number of aryl methyl sites for hydroxylation is 1. The number of aromatic amines is 1. The zero-order valence-electron chi connectivity index (χ0n) is 12.5. The molecule has 1 atom stereocenters. The van der Waals surface area contributed by atoms with Gasteiger partial charge in [-0.3, -0.25) is 0 Å². The van der Waals surface area contributed by atoms with Crippen LogP contribution in [0.2, 0.25) is 0 Å². The number of sulfone groups is 1. The summed E-state index contributed by atoms with van der Waals surface area (Å²) in [7, 11) is -1.45. The molecule has 0 amide bonds. The lowest BCUT2D eigenvalue weighted by Gasteiger charge is -2.25. The van der Waals surface area contributed by atoms with Crippen molar-refractivity contribution in [2.75, 3.05) is 13.6 Å². The molecule has 6 heteroatoms. The molecule has 1 aromatic heterocycles. The number of aromatic nitrogens is 1. The smallest absolute Gasteiger partial charge is 0.208 e. The topological polar surface area (TPSA) is 62.0 Å². The Morgan fingerprint density at radius 1 is 1.27 bits per heavy atom. The SMILES string of the molecule is CNCC1CCCc2cc(S(=O)(=O)c3cc[nH]c3)ccc21.Cl. The van der Waals surface area contributed by atoms with Crippen LogP contribution in [0, 0.1) is 0 Å². The van der Waals surface area contributed by atoms with E-state index in [1.807, 2.05) is 19.2 Å². The van der Waals surface area contributed by atoms with E-state index in [1.165, 1.54) is 17.3 Å². The predicted molar refractivity (Wildman–Crippen MR) is 89.5 cm³/mol. The van der Waals surface area contributed by atoms with Crippen LogP contribution in [0.15, 0.2) is 46.5 Å². The Bertz CT molecular complexity index is 727. The summed E-state index contributed by atoms with van der Waals surface area (Å²) in [6.45, 7) is 0.941. The highest BCUT2D eigenvalue weighted by Gasteiger charge is 2.23. The van der Waals surface area contributed by atoms with Crippen molar-refractivity contribution in [1.82, 2.24) is 10.3 Å². The van der Waals surface area contributed by atoms with Crippen molar-refractivity contribution in [2.45, 2.75) is 35.0 Å². The van der Waals surface area contributed by atoms with Crippen molar-refractivity contribution in [3.05, 3.63) is 47.8 Å². The van der Waals surface area contributed by atoms with E-state index in [9.17, 15) is 8.42 Å². The first-order chi connectivity index (χ1) is 10.1. The first-order valence-electron chi connectivity index (χ1n) is 7.28. The number of benzene rings is 1. The second kappa shape index (κ2) is 6.86. The summed E-state index contributed by atoms with van der Waals surface area (Å²) in [6.07, 6.45) is 6.41. The molecule has 0 bridgehead atoms. The molecule has 0 spiro atoms. The molecule has 0 saturated carbocycles. The van der Waals surface area contributed by atoms with Gasteiger partial charge in [0.1, 0.15) is 0 Å². The molecular weight excluding hydrogens is 320 g/mol. The van der Waals surface area contributed by atoms with Gasteiger partial charge < -0.3 is 10.3 Å². The van der Waals surface area contributed by atoms with E-state index >= 15 is 0 Å². The number of rotatable bonds is 4. The van der Waals surface area contributed by atoms with E-state index in [0.717, 1.165) is 25.8 Å².